The number of fused-ring (bicyclic) bond motifs is 1. The summed E-state index contributed by atoms with van der Waals surface area (Å²) in [4.78, 5) is 14.7. The Balaban J connectivity index is 1.68. The standard InChI is InChI=1S/C30H45N6O/c1-18(2)22-14-15-36(23-13-8-10-19(3)16-23)24(17-22)28-32-27-25(35(28)7)26(31-20(4)21-11-9-12-21)33-29(34-27)30(5,6)37/h14-15,17-21,23,37H,8-13,16H2,1-7H3,(H,31,32,33,34)/q+1. The van der Waals surface area contributed by atoms with Crippen LogP contribution in [-0.2, 0) is 12.6 Å². The van der Waals surface area contributed by atoms with E-state index >= 15 is 0 Å². The average molecular weight is 506 g/mol. The first-order valence-corrected chi connectivity index (χ1v) is 14.3. The number of nitrogens with zero attached hydrogens (tertiary/aromatic N) is 5. The van der Waals surface area contributed by atoms with Crippen LogP contribution in [-0.4, -0.2) is 30.7 Å². The molecule has 7 nitrogen and oxygen atoms in total. The molecule has 0 amide bonds. The molecule has 0 bridgehead atoms. The van der Waals surface area contributed by atoms with E-state index in [2.05, 4.69) is 67.5 Å². The van der Waals surface area contributed by atoms with Gasteiger partial charge in [-0.3, -0.25) is 0 Å². The van der Waals surface area contributed by atoms with Gasteiger partial charge in [0.05, 0.1) is 0 Å². The fourth-order valence-corrected chi connectivity index (χ4v) is 6.03. The second-order valence-corrected chi connectivity index (χ2v) is 12.6. The number of pyridine rings is 1. The SMILES string of the molecule is CC1CCCC([n+]2ccc(C(C)C)cc2-c2nc3nc(C(C)(C)O)nc(NC(C)C4CCC4)c3n2C)C1. The molecule has 3 atom stereocenters. The lowest BCUT2D eigenvalue weighted by Crippen LogP contribution is -2.44. The molecule has 37 heavy (non-hydrogen) atoms. The highest BCUT2D eigenvalue weighted by atomic mass is 16.3. The molecule has 2 N–H and O–H groups in total. The number of hydrogen-bond donors (Lipinski definition) is 2. The van der Waals surface area contributed by atoms with E-state index in [9.17, 15) is 5.11 Å². The summed E-state index contributed by atoms with van der Waals surface area (Å²) >= 11 is 0. The summed E-state index contributed by atoms with van der Waals surface area (Å²) in [5, 5.41) is 14.5. The van der Waals surface area contributed by atoms with Crippen LogP contribution in [0.3, 0.4) is 0 Å². The number of nitrogens with one attached hydrogen (secondary N) is 1. The van der Waals surface area contributed by atoms with E-state index in [0.717, 1.165) is 28.8 Å². The Labute approximate surface area is 221 Å². The highest BCUT2D eigenvalue weighted by Gasteiger charge is 2.33. The van der Waals surface area contributed by atoms with Crippen molar-refractivity contribution < 1.29 is 9.67 Å². The summed E-state index contributed by atoms with van der Waals surface area (Å²) in [5.41, 5.74) is 2.81. The monoisotopic (exact) mass is 505 g/mol. The molecule has 3 aromatic heterocycles. The fourth-order valence-electron chi connectivity index (χ4n) is 6.03. The van der Waals surface area contributed by atoms with Crippen LogP contribution in [0.25, 0.3) is 22.7 Å². The molecule has 5 rings (SSSR count). The van der Waals surface area contributed by atoms with Gasteiger partial charge < -0.3 is 15.0 Å². The van der Waals surface area contributed by atoms with Crippen molar-refractivity contribution in [3.63, 3.8) is 0 Å². The van der Waals surface area contributed by atoms with Crippen molar-refractivity contribution in [2.45, 2.75) is 110 Å². The van der Waals surface area contributed by atoms with E-state index in [-0.39, 0.29) is 0 Å². The number of aromatic nitrogens is 5. The Bertz CT molecular complexity index is 1270. The van der Waals surface area contributed by atoms with Crippen molar-refractivity contribution in [1.29, 1.82) is 0 Å². The van der Waals surface area contributed by atoms with Gasteiger partial charge in [-0.1, -0.05) is 33.6 Å². The van der Waals surface area contributed by atoms with Gasteiger partial charge in [0.25, 0.3) is 0 Å². The van der Waals surface area contributed by atoms with Gasteiger partial charge in [0.1, 0.15) is 11.1 Å². The minimum absolute atomic E-state index is 0.304. The smallest absolute Gasteiger partial charge is 0.249 e. The summed E-state index contributed by atoms with van der Waals surface area (Å²) in [6, 6.07) is 5.36. The lowest BCUT2D eigenvalue weighted by atomic mass is 9.80. The van der Waals surface area contributed by atoms with Crippen molar-refractivity contribution in [3.05, 3.63) is 29.7 Å². The Hall–Kier alpha value is -2.54. The quantitative estimate of drug-likeness (QED) is 0.384. The zero-order chi connectivity index (χ0) is 26.5. The minimum Gasteiger partial charge on any atom is -0.382 e. The van der Waals surface area contributed by atoms with E-state index in [0.29, 0.717) is 35.4 Å². The predicted octanol–water partition coefficient (Wildman–Crippen LogP) is 6.02. The molecular weight excluding hydrogens is 460 g/mol. The Morgan fingerprint density at radius 3 is 2.43 bits per heavy atom. The molecule has 3 aromatic rings. The van der Waals surface area contributed by atoms with Gasteiger partial charge in [-0.2, -0.15) is 4.57 Å². The summed E-state index contributed by atoms with van der Waals surface area (Å²) in [5.74, 6) is 3.88. The Morgan fingerprint density at radius 1 is 1.08 bits per heavy atom. The number of anilines is 1. The van der Waals surface area contributed by atoms with Gasteiger partial charge in [0, 0.05) is 38.1 Å². The third-order valence-electron chi connectivity index (χ3n) is 8.71. The van der Waals surface area contributed by atoms with Crippen LogP contribution in [0.5, 0.6) is 0 Å². The number of rotatable bonds is 7. The van der Waals surface area contributed by atoms with Crippen molar-refractivity contribution >= 4 is 17.0 Å². The minimum atomic E-state index is -1.16. The summed E-state index contributed by atoms with van der Waals surface area (Å²) in [7, 11) is 2.08. The van der Waals surface area contributed by atoms with E-state index in [4.69, 9.17) is 15.0 Å². The summed E-state index contributed by atoms with van der Waals surface area (Å²) < 4.78 is 4.61. The fraction of sp³-hybridized carbons (Fsp3) is 0.667. The first-order chi connectivity index (χ1) is 17.5. The maximum Gasteiger partial charge on any atom is 0.249 e. The lowest BCUT2D eigenvalue weighted by molar-refractivity contribution is -0.716. The Morgan fingerprint density at radius 2 is 1.81 bits per heavy atom. The topological polar surface area (TPSA) is 79.7 Å². The average Bonchev–Trinajstić information content (AvgIpc) is 3.13. The van der Waals surface area contributed by atoms with Crippen molar-refractivity contribution in [1.82, 2.24) is 19.5 Å². The first-order valence-electron chi connectivity index (χ1n) is 14.3. The van der Waals surface area contributed by atoms with Crippen LogP contribution in [0.1, 0.15) is 110 Å². The number of aryl methyl sites for hydroxylation is 1. The molecule has 2 fully saturated rings. The molecule has 0 spiro atoms. The zero-order valence-corrected chi connectivity index (χ0v) is 23.8. The molecule has 2 aliphatic carbocycles. The van der Waals surface area contributed by atoms with Crippen LogP contribution in [0, 0.1) is 11.8 Å². The highest BCUT2D eigenvalue weighted by molar-refractivity contribution is 5.86. The molecule has 0 aliphatic heterocycles. The van der Waals surface area contributed by atoms with Crippen molar-refractivity contribution in [3.8, 4) is 11.5 Å². The third-order valence-corrected chi connectivity index (χ3v) is 8.71. The highest BCUT2D eigenvalue weighted by Crippen LogP contribution is 2.35. The van der Waals surface area contributed by atoms with Gasteiger partial charge in [-0.15, -0.1) is 0 Å². The maximum atomic E-state index is 10.8. The molecular formula is C30H45N6O+. The van der Waals surface area contributed by atoms with E-state index in [1.807, 2.05) is 0 Å². The second-order valence-electron chi connectivity index (χ2n) is 12.6. The molecule has 0 aromatic carbocycles. The van der Waals surface area contributed by atoms with Gasteiger partial charge in [-0.05, 0) is 63.4 Å². The molecule has 7 heteroatoms. The lowest BCUT2D eigenvalue weighted by Gasteiger charge is -2.32. The van der Waals surface area contributed by atoms with E-state index in [1.165, 1.54) is 50.5 Å². The number of hydrogen-bond acceptors (Lipinski definition) is 5. The number of aliphatic hydroxyl groups is 1. The van der Waals surface area contributed by atoms with Crippen LogP contribution in [0.2, 0.25) is 0 Å². The van der Waals surface area contributed by atoms with Gasteiger partial charge in [-0.25, -0.2) is 15.0 Å². The van der Waals surface area contributed by atoms with Crippen LogP contribution in [0.15, 0.2) is 18.3 Å². The summed E-state index contributed by atoms with van der Waals surface area (Å²) in [6.45, 7) is 12.6. The third kappa shape index (κ3) is 5.12. The molecule has 0 radical (unpaired) electrons. The van der Waals surface area contributed by atoms with Crippen LogP contribution >= 0.6 is 0 Å². The van der Waals surface area contributed by atoms with Gasteiger partial charge >= 0.3 is 0 Å². The predicted molar refractivity (Wildman–Crippen MR) is 148 cm³/mol. The molecule has 3 unspecified atom stereocenters. The van der Waals surface area contributed by atoms with E-state index in [1.54, 1.807) is 13.8 Å². The number of imidazole rings is 1. The largest absolute Gasteiger partial charge is 0.382 e. The molecule has 0 saturated heterocycles. The van der Waals surface area contributed by atoms with Crippen LogP contribution < -0.4 is 9.88 Å². The van der Waals surface area contributed by atoms with Gasteiger partial charge in [0.15, 0.2) is 29.5 Å². The first kappa shape index (κ1) is 26.1. The molecule has 3 heterocycles. The van der Waals surface area contributed by atoms with Crippen LogP contribution in [0.4, 0.5) is 5.82 Å². The van der Waals surface area contributed by atoms with Crippen molar-refractivity contribution in [2.24, 2.45) is 18.9 Å². The normalized spacial score (nSPS) is 21.9. The molecule has 2 aliphatic rings. The zero-order valence-electron chi connectivity index (χ0n) is 23.8. The Kier molecular flexibility index (Phi) is 7.03. The molecule has 200 valence electrons. The second kappa shape index (κ2) is 9.97. The summed E-state index contributed by atoms with van der Waals surface area (Å²) in [6.07, 6.45) is 11.0. The van der Waals surface area contributed by atoms with E-state index < -0.39 is 5.60 Å². The molecule has 2 saturated carbocycles. The van der Waals surface area contributed by atoms with Crippen molar-refractivity contribution in [2.75, 3.05) is 5.32 Å². The van der Waals surface area contributed by atoms with Gasteiger partial charge in [0.2, 0.25) is 11.5 Å². The maximum absolute atomic E-state index is 10.8.